The maximum absolute atomic E-state index is 10.3. The summed E-state index contributed by atoms with van der Waals surface area (Å²) in [7, 11) is 0. The Labute approximate surface area is 94.0 Å². The summed E-state index contributed by atoms with van der Waals surface area (Å²) >= 11 is 2.63. The van der Waals surface area contributed by atoms with Crippen LogP contribution in [0.2, 0.25) is 0 Å². The van der Waals surface area contributed by atoms with Crippen molar-refractivity contribution >= 4 is 29.1 Å². The van der Waals surface area contributed by atoms with E-state index in [1.165, 1.54) is 23.1 Å². The second-order valence-electron chi connectivity index (χ2n) is 2.66. The van der Waals surface area contributed by atoms with Crippen LogP contribution in [0.15, 0.2) is 32.5 Å². The number of furan rings is 1. The van der Waals surface area contributed by atoms with Crippen LogP contribution in [0.3, 0.4) is 0 Å². The molecule has 0 aromatic carbocycles. The van der Waals surface area contributed by atoms with Crippen molar-refractivity contribution in [3.63, 3.8) is 0 Å². The maximum atomic E-state index is 10.3. The van der Waals surface area contributed by atoms with Crippen LogP contribution in [0.5, 0.6) is 0 Å². The lowest BCUT2D eigenvalue weighted by Crippen LogP contribution is -1.96. The summed E-state index contributed by atoms with van der Waals surface area (Å²) in [5.74, 6) is -0.103. The largest absolute Gasteiger partial charge is 0.481 e. The molecule has 0 spiro atoms. The maximum Gasteiger partial charge on any atom is 0.313 e. The summed E-state index contributed by atoms with van der Waals surface area (Å²) in [6, 6.07) is 3.61. The molecule has 2 aromatic rings. The van der Waals surface area contributed by atoms with Gasteiger partial charge in [0.15, 0.2) is 10.1 Å². The standard InChI is InChI=1S/C9H7NO3S2/c11-8(12)5-15-9-10-6(4-14-9)7-2-1-3-13-7/h1-4H,5H2,(H,11,12). The van der Waals surface area contributed by atoms with Crippen molar-refractivity contribution in [3.05, 3.63) is 23.8 Å². The van der Waals surface area contributed by atoms with Gasteiger partial charge in [0.2, 0.25) is 0 Å². The number of thioether (sulfide) groups is 1. The van der Waals surface area contributed by atoms with Gasteiger partial charge >= 0.3 is 5.97 Å². The fraction of sp³-hybridized carbons (Fsp3) is 0.111. The first-order chi connectivity index (χ1) is 7.25. The first kappa shape index (κ1) is 10.3. The third-order valence-electron chi connectivity index (χ3n) is 1.58. The van der Waals surface area contributed by atoms with Crippen molar-refractivity contribution in [1.29, 1.82) is 0 Å². The van der Waals surface area contributed by atoms with Gasteiger partial charge in [-0.2, -0.15) is 0 Å². The number of hydrogen-bond donors (Lipinski definition) is 1. The summed E-state index contributed by atoms with van der Waals surface area (Å²) in [5, 5.41) is 10.4. The topological polar surface area (TPSA) is 63.3 Å². The molecule has 2 rings (SSSR count). The van der Waals surface area contributed by atoms with E-state index in [-0.39, 0.29) is 5.75 Å². The summed E-state index contributed by atoms with van der Waals surface area (Å²) in [6.07, 6.45) is 1.58. The van der Waals surface area contributed by atoms with Crippen LogP contribution in [0.25, 0.3) is 11.5 Å². The molecule has 1 N–H and O–H groups in total. The smallest absolute Gasteiger partial charge is 0.313 e. The van der Waals surface area contributed by atoms with Gasteiger partial charge in [0.05, 0.1) is 12.0 Å². The Balaban J connectivity index is 2.08. The van der Waals surface area contributed by atoms with Crippen molar-refractivity contribution in [2.45, 2.75) is 4.34 Å². The first-order valence-electron chi connectivity index (χ1n) is 4.09. The highest BCUT2D eigenvalue weighted by Crippen LogP contribution is 2.28. The number of carbonyl (C=O) groups is 1. The van der Waals surface area contributed by atoms with E-state index in [4.69, 9.17) is 9.52 Å². The third kappa shape index (κ3) is 2.60. The van der Waals surface area contributed by atoms with Gasteiger partial charge in [-0.25, -0.2) is 4.98 Å². The minimum absolute atomic E-state index is 0.0328. The summed E-state index contributed by atoms with van der Waals surface area (Å²) in [4.78, 5) is 14.6. The van der Waals surface area contributed by atoms with Gasteiger partial charge in [0.25, 0.3) is 0 Å². The quantitative estimate of drug-likeness (QED) is 0.833. The van der Waals surface area contributed by atoms with Gasteiger partial charge in [-0.05, 0) is 12.1 Å². The number of thiazole rings is 1. The third-order valence-corrected chi connectivity index (χ3v) is 3.58. The number of carboxylic acids is 1. The summed E-state index contributed by atoms with van der Waals surface area (Å²) < 4.78 is 5.92. The minimum Gasteiger partial charge on any atom is -0.481 e. The van der Waals surface area contributed by atoms with E-state index >= 15 is 0 Å². The normalized spacial score (nSPS) is 10.4. The van der Waals surface area contributed by atoms with E-state index in [2.05, 4.69) is 4.98 Å². The number of aromatic nitrogens is 1. The van der Waals surface area contributed by atoms with Crippen molar-refractivity contribution < 1.29 is 14.3 Å². The van der Waals surface area contributed by atoms with Crippen LogP contribution in [-0.4, -0.2) is 21.8 Å². The molecule has 0 unspecified atom stereocenters. The van der Waals surface area contributed by atoms with E-state index in [0.29, 0.717) is 5.76 Å². The highest BCUT2D eigenvalue weighted by Gasteiger charge is 2.08. The van der Waals surface area contributed by atoms with Gasteiger partial charge in [-0.15, -0.1) is 11.3 Å². The van der Waals surface area contributed by atoms with Gasteiger partial charge in [0, 0.05) is 5.38 Å². The number of hydrogen-bond acceptors (Lipinski definition) is 5. The molecule has 0 saturated heterocycles. The summed E-state index contributed by atoms with van der Waals surface area (Å²) in [6.45, 7) is 0. The molecule has 0 saturated carbocycles. The van der Waals surface area contributed by atoms with Crippen LogP contribution in [-0.2, 0) is 4.79 Å². The lowest BCUT2D eigenvalue weighted by atomic mass is 10.4. The molecule has 0 atom stereocenters. The van der Waals surface area contributed by atoms with Crippen molar-refractivity contribution in [2.75, 3.05) is 5.75 Å². The Morgan fingerprint density at radius 2 is 2.53 bits per heavy atom. The monoisotopic (exact) mass is 241 g/mol. The second-order valence-corrected chi connectivity index (χ2v) is 4.74. The van der Waals surface area contributed by atoms with Crippen molar-refractivity contribution in [3.8, 4) is 11.5 Å². The number of carboxylic acid groups (broad SMARTS) is 1. The highest BCUT2D eigenvalue weighted by atomic mass is 32.2. The average Bonchev–Trinajstić information content (AvgIpc) is 2.85. The van der Waals surface area contributed by atoms with Gasteiger partial charge in [-0.1, -0.05) is 11.8 Å². The van der Waals surface area contributed by atoms with Gasteiger partial charge in [-0.3, -0.25) is 4.79 Å². The molecule has 2 heterocycles. The van der Waals surface area contributed by atoms with Crippen molar-refractivity contribution in [2.24, 2.45) is 0 Å². The molecule has 78 valence electrons. The Hall–Kier alpha value is -1.27. The second kappa shape index (κ2) is 4.50. The van der Waals surface area contributed by atoms with Gasteiger partial charge in [0.1, 0.15) is 5.69 Å². The SMILES string of the molecule is O=C(O)CSc1nc(-c2ccco2)cs1. The molecule has 0 fully saturated rings. The van der Waals surface area contributed by atoms with E-state index in [9.17, 15) is 4.79 Å². The highest BCUT2D eigenvalue weighted by molar-refractivity contribution is 8.01. The number of aliphatic carboxylic acids is 1. The van der Waals surface area contributed by atoms with Crippen LogP contribution < -0.4 is 0 Å². The molecule has 0 bridgehead atoms. The van der Waals surface area contributed by atoms with Crippen molar-refractivity contribution in [1.82, 2.24) is 4.98 Å². The average molecular weight is 241 g/mol. The number of nitrogens with zero attached hydrogens (tertiary/aromatic N) is 1. The zero-order chi connectivity index (χ0) is 10.7. The Morgan fingerprint density at radius 3 is 3.20 bits per heavy atom. The lowest BCUT2D eigenvalue weighted by molar-refractivity contribution is -0.133. The zero-order valence-electron chi connectivity index (χ0n) is 7.54. The van der Waals surface area contributed by atoms with E-state index < -0.39 is 5.97 Å². The van der Waals surface area contributed by atoms with E-state index in [1.54, 1.807) is 12.3 Å². The van der Waals surface area contributed by atoms with E-state index in [0.717, 1.165) is 10.0 Å². The Morgan fingerprint density at radius 1 is 1.67 bits per heavy atom. The molecule has 0 aliphatic carbocycles. The van der Waals surface area contributed by atoms with Gasteiger partial charge < -0.3 is 9.52 Å². The molecular weight excluding hydrogens is 234 g/mol. The molecule has 0 radical (unpaired) electrons. The fourth-order valence-corrected chi connectivity index (χ4v) is 2.52. The lowest BCUT2D eigenvalue weighted by Gasteiger charge is -1.90. The minimum atomic E-state index is -0.838. The number of rotatable bonds is 4. The molecule has 15 heavy (non-hydrogen) atoms. The molecule has 4 nitrogen and oxygen atoms in total. The van der Waals surface area contributed by atoms with Crippen LogP contribution in [0, 0.1) is 0 Å². The predicted molar refractivity (Wildman–Crippen MR) is 58.2 cm³/mol. The molecule has 0 aliphatic heterocycles. The van der Waals surface area contributed by atoms with Crippen LogP contribution >= 0.6 is 23.1 Å². The zero-order valence-corrected chi connectivity index (χ0v) is 9.18. The molecular formula is C9H7NO3S2. The Bertz CT molecular complexity index is 450. The van der Waals surface area contributed by atoms with Crippen LogP contribution in [0.4, 0.5) is 0 Å². The molecule has 2 aromatic heterocycles. The fourth-order valence-electron chi connectivity index (χ4n) is 0.985. The predicted octanol–water partition coefficient (Wildman–Crippen LogP) is 2.58. The molecule has 0 aliphatic rings. The molecule has 0 amide bonds. The van der Waals surface area contributed by atoms with Crippen LogP contribution in [0.1, 0.15) is 0 Å². The first-order valence-corrected chi connectivity index (χ1v) is 5.96. The van der Waals surface area contributed by atoms with E-state index in [1.807, 2.05) is 11.4 Å². The summed E-state index contributed by atoms with van der Waals surface area (Å²) in [5.41, 5.74) is 0.748. The molecule has 6 heteroatoms. The Kier molecular flexibility index (Phi) is 3.08.